The van der Waals surface area contributed by atoms with Crippen molar-refractivity contribution in [2.45, 2.75) is 19.3 Å². The van der Waals surface area contributed by atoms with E-state index < -0.39 is 23.0 Å². The summed E-state index contributed by atoms with van der Waals surface area (Å²) >= 11 is 0. The van der Waals surface area contributed by atoms with Crippen LogP contribution in [0.5, 0.6) is 0 Å². The van der Waals surface area contributed by atoms with Crippen LogP contribution in [0.15, 0.2) is 18.2 Å². The molecule has 1 atom stereocenters. The van der Waals surface area contributed by atoms with Crippen LogP contribution in [0.4, 0.5) is 8.78 Å². The molecule has 18 heavy (non-hydrogen) atoms. The topological polar surface area (TPSA) is 63.3 Å². The molecule has 98 valence electrons. The molecule has 1 fully saturated rings. The Hall–Kier alpha value is -1.49. The molecule has 1 aromatic rings. The Labute approximate surface area is 104 Å². The van der Waals surface area contributed by atoms with Gasteiger partial charge in [-0.25, -0.2) is 8.78 Å². The third kappa shape index (κ3) is 2.10. The van der Waals surface area contributed by atoms with E-state index in [1.54, 1.807) is 0 Å². The van der Waals surface area contributed by atoms with Crippen LogP contribution in [0.1, 0.15) is 18.4 Å². The lowest BCUT2D eigenvalue weighted by Crippen LogP contribution is -2.42. The maximum Gasteiger partial charge on any atom is 0.311 e. The highest BCUT2D eigenvalue weighted by Gasteiger charge is 2.50. The lowest BCUT2D eigenvalue weighted by molar-refractivity contribution is -0.149. The highest BCUT2D eigenvalue weighted by Crippen LogP contribution is 2.47. The van der Waals surface area contributed by atoms with Crippen molar-refractivity contribution in [3.63, 3.8) is 0 Å². The van der Waals surface area contributed by atoms with E-state index in [0.717, 1.165) is 18.9 Å². The number of hydrogen-bond acceptors (Lipinski definition) is 2. The summed E-state index contributed by atoms with van der Waals surface area (Å²) in [5.41, 5.74) is 4.50. The SMILES string of the molecule is NCC(Cc1cccc(F)c1F)(C(=O)O)C1CC1. The van der Waals surface area contributed by atoms with Gasteiger partial charge in [0.2, 0.25) is 0 Å². The molecule has 0 saturated heterocycles. The van der Waals surface area contributed by atoms with Gasteiger partial charge < -0.3 is 10.8 Å². The van der Waals surface area contributed by atoms with Crippen LogP contribution in [0, 0.1) is 23.0 Å². The molecule has 1 saturated carbocycles. The van der Waals surface area contributed by atoms with Crippen LogP contribution in [0.2, 0.25) is 0 Å². The Kier molecular flexibility index (Phi) is 3.34. The minimum atomic E-state index is -1.17. The van der Waals surface area contributed by atoms with E-state index in [4.69, 9.17) is 5.73 Å². The number of carboxylic acids is 1. The van der Waals surface area contributed by atoms with Gasteiger partial charge in [0.1, 0.15) is 0 Å². The van der Waals surface area contributed by atoms with Gasteiger partial charge in [-0.3, -0.25) is 4.79 Å². The Morgan fingerprint density at radius 2 is 2.11 bits per heavy atom. The Balaban J connectivity index is 2.34. The number of hydrogen-bond donors (Lipinski definition) is 2. The smallest absolute Gasteiger partial charge is 0.311 e. The van der Waals surface area contributed by atoms with Crippen molar-refractivity contribution in [2.75, 3.05) is 6.54 Å². The average Bonchev–Trinajstić information content (AvgIpc) is 3.15. The van der Waals surface area contributed by atoms with E-state index in [1.807, 2.05) is 0 Å². The van der Waals surface area contributed by atoms with Crippen LogP contribution < -0.4 is 5.73 Å². The fourth-order valence-electron chi connectivity index (χ4n) is 2.38. The van der Waals surface area contributed by atoms with Crippen LogP contribution in [0.25, 0.3) is 0 Å². The van der Waals surface area contributed by atoms with Gasteiger partial charge in [-0.15, -0.1) is 0 Å². The number of nitrogens with two attached hydrogens (primary N) is 1. The number of carboxylic acid groups (broad SMARTS) is 1. The highest BCUT2D eigenvalue weighted by atomic mass is 19.2. The van der Waals surface area contributed by atoms with E-state index in [-0.39, 0.29) is 24.4 Å². The van der Waals surface area contributed by atoms with Crippen LogP contribution in [-0.4, -0.2) is 17.6 Å². The molecule has 1 unspecified atom stereocenters. The molecule has 0 spiro atoms. The quantitative estimate of drug-likeness (QED) is 0.845. The van der Waals surface area contributed by atoms with Crippen molar-refractivity contribution in [3.05, 3.63) is 35.4 Å². The minimum absolute atomic E-state index is 0.0392. The summed E-state index contributed by atoms with van der Waals surface area (Å²) in [5, 5.41) is 9.36. The first-order chi connectivity index (χ1) is 8.51. The molecule has 3 nitrogen and oxygen atoms in total. The van der Waals surface area contributed by atoms with Crippen molar-refractivity contribution in [2.24, 2.45) is 17.1 Å². The van der Waals surface area contributed by atoms with Crippen LogP contribution >= 0.6 is 0 Å². The Morgan fingerprint density at radius 3 is 2.61 bits per heavy atom. The molecule has 2 rings (SSSR count). The minimum Gasteiger partial charge on any atom is -0.481 e. The third-order valence-corrected chi connectivity index (χ3v) is 3.69. The zero-order valence-electron chi connectivity index (χ0n) is 9.83. The summed E-state index contributed by atoms with van der Waals surface area (Å²) in [5.74, 6) is -3.00. The summed E-state index contributed by atoms with van der Waals surface area (Å²) < 4.78 is 26.7. The molecule has 1 aliphatic rings. The predicted molar refractivity (Wildman–Crippen MR) is 61.9 cm³/mol. The predicted octanol–water partition coefficient (Wildman–Crippen LogP) is 1.95. The second-order valence-electron chi connectivity index (χ2n) is 4.83. The molecular weight excluding hydrogens is 240 g/mol. The zero-order chi connectivity index (χ0) is 13.3. The van der Waals surface area contributed by atoms with Gasteiger partial charge in [0.15, 0.2) is 11.6 Å². The molecular formula is C13H15F2NO2. The zero-order valence-corrected chi connectivity index (χ0v) is 9.83. The number of aliphatic carboxylic acids is 1. The van der Waals surface area contributed by atoms with Gasteiger partial charge in [0.05, 0.1) is 5.41 Å². The molecule has 1 aromatic carbocycles. The van der Waals surface area contributed by atoms with Crippen LogP contribution in [0.3, 0.4) is 0 Å². The third-order valence-electron chi connectivity index (χ3n) is 3.69. The number of halogens is 2. The summed E-state index contributed by atoms with van der Waals surface area (Å²) in [7, 11) is 0. The molecule has 0 aliphatic heterocycles. The second-order valence-corrected chi connectivity index (χ2v) is 4.83. The standard InChI is InChI=1S/C13H15F2NO2/c14-10-3-1-2-8(11(10)15)6-13(7-16,12(17)18)9-4-5-9/h1-3,9H,4-7,16H2,(H,17,18). The largest absolute Gasteiger partial charge is 0.481 e. The molecule has 0 aromatic heterocycles. The fraction of sp³-hybridized carbons (Fsp3) is 0.462. The maximum absolute atomic E-state index is 13.6. The first-order valence-corrected chi connectivity index (χ1v) is 5.87. The molecule has 1 aliphatic carbocycles. The lowest BCUT2D eigenvalue weighted by atomic mass is 9.77. The summed E-state index contributed by atoms with van der Waals surface area (Å²) in [4.78, 5) is 11.4. The van der Waals surface area contributed by atoms with Crippen molar-refractivity contribution < 1.29 is 18.7 Å². The van der Waals surface area contributed by atoms with Gasteiger partial charge in [-0.1, -0.05) is 12.1 Å². The molecule has 0 amide bonds. The maximum atomic E-state index is 13.6. The van der Waals surface area contributed by atoms with Crippen molar-refractivity contribution in [3.8, 4) is 0 Å². The van der Waals surface area contributed by atoms with E-state index in [2.05, 4.69) is 0 Å². The number of benzene rings is 1. The lowest BCUT2D eigenvalue weighted by Gasteiger charge is -2.28. The monoisotopic (exact) mass is 255 g/mol. The average molecular weight is 255 g/mol. The van der Waals surface area contributed by atoms with E-state index >= 15 is 0 Å². The van der Waals surface area contributed by atoms with Gasteiger partial charge in [0.25, 0.3) is 0 Å². The molecule has 0 radical (unpaired) electrons. The van der Waals surface area contributed by atoms with E-state index in [0.29, 0.717) is 0 Å². The van der Waals surface area contributed by atoms with Gasteiger partial charge >= 0.3 is 5.97 Å². The fourth-order valence-corrected chi connectivity index (χ4v) is 2.38. The molecule has 0 heterocycles. The first-order valence-electron chi connectivity index (χ1n) is 5.87. The second kappa shape index (κ2) is 4.65. The van der Waals surface area contributed by atoms with Gasteiger partial charge in [-0.2, -0.15) is 0 Å². The number of rotatable bonds is 5. The first kappa shape index (κ1) is 13.0. The van der Waals surface area contributed by atoms with Crippen LogP contribution in [-0.2, 0) is 11.2 Å². The number of carbonyl (C=O) groups is 1. The van der Waals surface area contributed by atoms with Gasteiger partial charge in [0, 0.05) is 6.54 Å². The molecule has 3 N–H and O–H groups in total. The summed E-state index contributed by atoms with van der Waals surface area (Å²) in [6, 6.07) is 3.80. The van der Waals surface area contributed by atoms with Crippen molar-refractivity contribution in [1.29, 1.82) is 0 Å². The summed E-state index contributed by atoms with van der Waals surface area (Å²) in [6.07, 6.45) is 1.49. The highest BCUT2D eigenvalue weighted by molar-refractivity contribution is 5.76. The molecule has 5 heteroatoms. The normalized spacial score (nSPS) is 18.4. The van der Waals surface area contributed by atoms with Gasteiger partial charge in [-0.05, 0) is 36.8 Å². The van der Waals surface area contributed by atoms with E-state index in [1.165, 1.54) is 12.1 Å². The Morgan fingerprint density at radius 1 is 1.44 bits per heavy atom. The van der Waals surface area contributed by atoms with E-state index in [9.17, 15) is 18.7 Å². The Bertz CT molecular complexity index is 474. The summed E-state index contributed by atoms with van der Waals surface area (Å²) in [6.45, 7) is -0.0665. The van der Waals surface area contributed by atoms with Crippen molar-refractivity contribution in [1.82, 2.24) is 0 Å². The van der Waals surface area contributed by atoms with Crippen molar-refractivity contribution >= 4 is 5.97 Å². The molecule has 0 bridgehead atoms.